The lowest BCUT2D eigenvalue weighted by Gasteiger charge is -2.19. The van der Waals surface area contributed by atoms with Crippen LogP contribution in [-0.2, 0) is 0 Å². The fourth-order valence-corrected chi connectivity index (χ4v) is 2.56. The van der Waals surface area contributed by atoms with Crippen LogP contribution in [0.3, 0.4) is 0 Å². The summed E-state index contributed by atoms with van der Waals surface area (Å²) in [6.07, 6.45) is 0. The highest BCUT2D eigenvalue weighted by Crippen LogP contribution is 2.26. The van der Waals surface area contributed by atoms with Crippen LogP contribution >= 0.6 is 0 Å². The zero-order valence-corrected chi connectivity index (χ0v) is 12.2. The Morgan fingerprint density at radius 1 is 0.952 bits per heavy atom. The van der Waals surface area contributed by atoms with Crippen molar-refractivity contribution >= 4 is 11.0 Å². The number of furan rings is 1. The molecule has 0 amide bonds. The van der Waals surface area contributed by atoms with Gasteiger partial charge in [0.15, 0.2) is 0 Å². The van der Waals surface area contributed by atoms with Crippen molar-refractivity contribution in [1.29, 1.82) is 0 Å². The van der Waals surface area contributed by atoms with Gasteiger partial charge in [0.2, 0.25) is 0 Å². The molecule has 21 heavy (non-hydrogen) atoms. The summed E-state index contributed by atoms with van der Waals surface area (Å²) < 4.78 is 5.88. The van der Waals surface area contributed by atoms with E-state index < -0.39 is 0 Å². The molecule has 3 heteroatoms. The lowest BCUT2D eigenvalue weighted by atomic mass is 10.1. The van der Waals surface area contributed by atoms with Gasteiger partial charge >= 0.3 is 0 Å². The molecule has 2 N–H and O–H groups in total. The van der Waals surface area contributed by atoms with Gasteiger partial charge in [-0.2, -0.15) is 0 Å². The van der Waals surface area contributed by atoms with Crippen molar-refractivity contribution in [2.75, 3.05) is 0 Å². The van der Waals surface area contributed by atoms with Gasteiger partial charge in [-0.05, 0) is 43.7 Å². The van der Waals surface area contributed by atoms with Crippen LogP contribution in [0.15, 0.2) is 59.0 Å². The normalized spacial score (nSPS) is 14.2. The largest absolute Gasteiger partial charge is 0.508 e. The van der Waals surface area contributed by atoms with Crippen molar-refractivity contribution in [1.82, 2.24) is 5.32 Å². The van der Waals surface area contributed by atoms with Crippen molar-refractivity contribution < 1.29 is 9.52 Å². The molecular weight excluding hydrogens is 262 g/mol. The van der Waals surface area contributed by atoms with E-state index in [1.807, 2.05) is 36.4 Å². The third kappa shape index (κ3) is 2.93. The van der Waals surface area contributed by atoms with E-state index in [9.17, 15) is 5.11 Å². The van der Waals surface area contributed by atoms with Crippen molar-refractivity contribution in [3.8, 4) is 5.75 Å². The third-order valence-electron chi connectivity index (χ3n) is 3.74. The molecule has 3 aromatic rings. The molecule has 2 atom stereocenters. The summed E-state index contributed by atoms with van der Waals surface area (Å²) in [5, 5.41) is 14.2. The highest BCUT2D eigenvalue weighted by atomic mass is 16.3. The zero-order chi connectivity index (χ0) is 14.8. The van der Waals surface area contributed by atoms with Crippen LogP contribution in [0.5, 0.6) is 5.75 Å². The van der Waals surface area contributed by atoms with E-state index in [2.05, 4.69) is 25.2 Å². The summed E-state index contributed by atoms with van der Waals surface area (Å²) in [4.78, 5) is 0. The predicted molar refractivity (Wildman–Crippen MR) is 84.3 cm³/mol. The smallest absolute Gasteiger partial charge is 0.134 e. The predicted octanol–water partition coefficient (Wildman–Crippen LogP) is 4.55. The molecule has 3 nitrogen and oxygen atoms in total. The zero-order valence-electron chi connectivity index (χ0n) is 12.2. The lowest BCUT2D eigenvalue weighted by molar-refractivity contribution is 0.415. The molecule has 3 rings (SSSR count). The average molecular weight is 281 g/mol. The van der Waals surface area contributed by atoms with E-state index >= 15 is 0 Å². The minimum absolute atomic E-state index is 0.0924. The highest BCUT2D eigenvalue weighted by Gasteiger charge is 2.15. The maximum Gasteiger partial charge on any atom is 0.134 e. The minimum Gasteiger partial charge on any atom is -0.508 e. The lowest BCUT2D eigenvalue weighted by Crippen LogP contribution is -2.22. The third-order valence-corrected chi connectivity index (χ3v) is 3.74. The Morgan fingerprint density at radius 3 is 2.52 bits per heavy atom. The van der Waals surface area contributed by atoms with Crippen molar-refractivity contribution in [3.05, 3.63) is 65.9 Å². The standard InChI is InChI=1S/C18H19NO2/c1-12(14-7-5-8-16(20)10-14)19-13(2)18-11-15-6-3-4-9-17(15)21-18/h3-13,19-20H,1-2H3. The number of hydrogen-bond acceptors (Lipinski definition) is 3. The second kappa shape index (κ2) is 5.62. The van der Waals surface area contributed by atoms with Gasteiger partial charge in [0.05, 0.1) is 6.04 Å². The minimum atomic E-state index is 0.0924. The number of phenols is 1. The summed E-state index contributed by atoms with van der Waals surface area (Å²) in [5.74, 6) is 1.21. The van der Waals surface area contributed by atoms with Crippen molar-refractivity contribution in [3.63, 3.8) is 0 Å². The molecule has 1 heterocycles. The fraction of sp³-hybridized carbons (Fsp3) is 0.222. The first kappa shape index (κ1) is 13.7. The summed E-state index contributed by atoms with van der Waals surface area (Å²) in [5.41, 5.74) is 1.96. The fourth-order valence-electron chi connectivity index (χ4n) is 2.56. The summed E-state index contributed by atoms with van der Waals surface area (Å²) in [6, 6.07) is 17.6. The molecule has 108 valence electrons. The first-order valence-electron chi connectivity index (χ1n) is 7.17. The van der Waals surface area contributed by atoms with Gasteiger partial charge in [-0.15, -0.1) is 0 Å². The van der Waals surface area contributed by atoms with Crippen molar-refractivity contribution in [2.45, 2.75) is 25.9 Å². The maximum absolute atomic E-state index is 9.56. The van der Waals surface area contributed by atoms with Crippen LogP contribution in [-0.4, -0.2) is 5.11 Å². The van der Waals surface area contributed by atoms with Gasteiger partial charge in [-0.25, -0.2) is 0 Å². The number of hydrogen-bond donors (Lipinski definition) is 2. The average Bonchev–Trinajstić information content (AvgIpc) is 2.91. The number of fused-ring (bicyclic) bond motifs is 1. The van der Waals surface area contributed by atoms with Gasteiger partial charge in [-0.1, -0.05) is 30.3 Å². The summed E-state index contributed by atoms with van der Waals surface area (Å²) >= 11 is 0. The first-order chi connectivity index (χ1) is 10.1. The topological polar surface area (TPSA) is 45.4 Å². The molecule has 0 spiro atoms. The second-order valence-electron chi connectivity index (χ2n) is 5.39. The Kier molecular flexibility index (Phi) is 3.67. The van der Waals surface area contributed by atoms with E-state index in [-0.39, 0.29) is 17.8 Å². The molecule has 2 unspecified atom stereocenters. The monoisotopic (exact) mass is 281 g/mol. The molecule has 1 aromatic heterocycles. The van der Waals surface area contributed by atoms with Crippen LogP contribution in [0.1, 0.15) is 37.3 Å². The Bertz CT molecular complexity index is 715. The molecule has 0 saturated carbocycles. The molecule has 0 aliphatic heterocycles. The van der Waals surface area contributed by atoms with Crippen LogP contribution < -0.4 is 5.32 Å². The maximum atomic E-state index is 9.56. The Morgan fingerprint density at radius 2 is 1.76 bits per heavy atom. The van der Waals surface area contributed by atoms with Crippen LogP contribution in [0.25, 0.3) is 11.0 Å². The Hall–Kier alpha value is -2.26. The van der Waals surface area contributed by atoms with E-state index in [0.717, 1.165) is 22.3 Å². The summed E-state index contributed by atoms with van der Waals surface area (Å²) in [7, 11) is 0. The van der Waals surface area contributed by atoms with E-state index in [0.29, 0.717) is 0 Å². The second-order valence-corrected chi connectivity index (χ2v) is 5.39. The number of nitrogens with one attached hydrogen (secondary N) is 1. The highest BCUT2D eigenvalue weighted by molar-refractivity contribution is 5.77. The molecule has 2 aromatic carbocycles. The molecule has 0 bridgehead atoms. The number of rotatable bonds is 4. The van der Waals surface area contributed by atoms with E-state index in [1.54, 1.807) is 12.1 Å². The first-order valence-corrected chi connectivity index (χ1v) is 7.17. The molecular formula is C18H19NO2. The number of aromatic hydroxyl groups is 1. The van der Waals surface area contributed by atoms with Crippen LogP contribution in [0.2, 0.25) is 0 Å². The molecule has 0 radical (unpaired) electrons. The molecule has 0 saturated heterocycles. The van der Waals surface area contributed by atoms with Crippen molar-refractivity contribution in [2.24, 2.45) is 0 Å². The van der Waals surface area contributed by atoms with E-state index in [1.165, 1.54) is 0 Å². The molecule has 0 aliphatic carbocycles. The van der Waals surface area contributed by atoms with Gasteiger partial charge in [0.1, 0.15) is 17.1 Å². The number of para-hydroxylation sites is 1. The van der Waals surface area contributed by atoms with Gasteiger partial charge in [-0.3, -0.25) is 0 Å². The van der Waals surface area contributed by atoms with Gasteiger partial charge in [0.25, 0.3) is 0 Å². The van der Waals surface area contributed by atoms with Crippen LogP contribution in [0.4, 0.5) is 0 Å². The molecule has 0 aliphatic rings. The Balaban J connectivity index is 1.77. The number of phenolic OH excluding ortho intramolecular Hbond substituents is 1. The SMILES string of the molecule is CC(NC(C)c1cc2ccccc2o1)c1cccc(O)c1. The van der Waals surface area contributed by atoms with Gasteiger partial charge in [0, 0.05) is 11.4 Å². The Labute approximate surface area is 124 Å². The van der Waals surface area contributed by atoms with Crippen LogP contribution in [0, 0.1) is 0 Å². The number of benzene rings is 2. The molecule has 0 fully saturated rings. The quantitative estimate of drug-likeness (QED) is 0.737. The summed E-state index contributed by atoms with van der Waals surface area (Å²) in [6.45, 7) is 4.16. The van der Waals surface area contributed by atoms with Gasteiger partial charge < -0.3 is 14.8 Å². The van der Waals surface area contributed by atoms with E-state index in [4.69, 9.17) is 4.42 Å².